The maximum atomic E-state index is 11.1. The molecule has 1 aromatic carbocycles. The van der Waals surface area contributed by atoms with E-state index in [1.54, 1.807) is 6.92 Å². The summed E-state index contributed by atoms with van der Waals surface area (Å²) >= 11 is 0. The summed E-state index contributed by atoms with van der Waals surface area (Å²) in [5.74, 6) is 0.886. The van der Waals surface area contributed by atoms with Gasteiger partial charge >= 0.3 is 0 Å². The lowest BCUT2D eigenvalue weighted by Gasteiger charge is -2.12. The molecule has 0 atom stereocenters. The lowest BCUT2D eigenvalue weighted by molar-refractivity contribution is -0.116. The molecule has 1 aromatic heterocycles. The Morgan fingerprint density at radius 1 is 1.28 bits per heavy atom. The van der Waals surface area contributed by atoms with Gasteiger partial charge in [0.05, 0.1) is 6.10 Å². The molecule has 0 aliphatic carbocycles. The average molecular weight is 243 g/mol. The van der Waals surface area contributed by atoms with Crippen molar-refractivity contribution in [3.8, 4) is 5.75 Å². The summed E-state index contributed by atoms with van der Waals surface area (Å²) < 4.78 is 5.74. The minimum Gasteiger partial charge on any atom is -0.489 e. The second-order valence-electron chi connectivity index (χ2n) is 4.68. The van der Waals surface area contributed by atoms with Gasteiger partial charge in [0.25, 0.3) is 0 Å². The Labute approximate surface area is 107 Å². The Kier molecular flexibility index (Phi) is 3.60. The fraction of sp³-hybridized carbons (Fsp3) is 0.333. The molecule has 0 saturated carbocycles. The van der Waals surface area contributed by atoms with Crippen molar-refractivity contribution < 1.29 is 9.53 Å². The Morgan fingerprint density at radius 2 is 2.06 bits per heavy atom. The second kappa shape index (κ2) is 5.17. The van der Waals surface area contributed by atoms with Crippen LogP contribution in [0.2, 0.25) is 0 Å². The first-order chi connectivity index (χ1) is 8.56. The Balaban J connectivity index is 2.47. The first-order valence-corrected chi connectivity index (χ1v) is 6.11. The number of aromatic nitrogens is 1. The maximum Gasteiger partial charge on any atom is 0.145 e. The second-order valence-corrected chi connectivity index (χ2v) is 4.68. The molecule has 2 rings (SSSR count). The van der Waals surface area contributed by atoms with Gasteiger partial charge in [-0.15, -0.1) is 0 Å². The molecular formula is C15H17NO2. The van der Waals surface area contributed by atoms with Crippen molar-refractivity contribution in [1.29, 1.82) is 0 Å². The van der Waals surface area contributed by atoms with Crippen molar-refractivity contribution in [3.63, 3.8) is 0 Å². The molecule has 0 saturated heterocycles. The monoisotopic (exact) mass is 243 g/mol. The van der Waals surface area contributed by atoms with E-state index in [0.29, 0.717) is 6.42 Å². The van der Waals surface area contributed by atoms with Crippen LogP contribution in [0.25, 0.3) is 10.9 Å². The van der Waals surface area contributed by atoms with Crippen LogP contribution in [-0.4, -0.2) is 16.9 Å². The molecule has 2 aromatic rings. The zero-order valence-corrected chi connectivity index (χ0v) is 10.9. The van der Waals surface area contributed by atoms with Crippen LogP contribution >= 0.6 is 0 Å². The molecule has 0 N–H and O–H groups in total. The van der Waals surface area contributed by atoms with Gasteiger partial charge in [0.2, 0.25) is 0 Å². The zero-order chi connectivity index (χ0) is 13.1. The number of ether oxygens (including phenoxy) is 1. The first-order valence-electron chi connectivity index (χ1n) is 6.11. The number of para-hydroxylation sites is 1. The highest BCUT2D eigenvalue weighted by atomic mass is 16.5. The predicted molar refractivity (Wildman–Crippen MR) is 71.9 cm³/mol. The van der Waals surface area contributed by atoms with Crippen molar-refractivity contribution in [2.24, 2.45) is 0 Å². The quantitative estimate of drug-likeness (QED) is 0.828. The van der Waals surface area contributed by atoms with Gasteiger partial charge in [0.1, 0.15) is 17.0 Å². The highest BCUT2D eigenvalue weighted by molar-refractivity contribution is 5.85. The van der Waals surface area contributed by atoms with Gasteiger partial charge in [-0.1, -0.05) is 18.2 Å². The standard InChI is InChI=1S/C15H17NO2/c1-10(2)18-14-6-4-5-12-7-8-13(9-11(3)17)16-15(12)14/h4-8,10H,9H2,1-3H3. The summed E-state index contributed by atoms with van der Waals surface area (Å²) in [6.45, 7) is 5.54. The van der Waals surface area contributed by atoms with E-state index >= 15 is 0 Å². The Hall–Kier alpha value is -1.90. The van der Waals surface area contributed by atoms with Gasteiger partial charge in [0.15, 0.2) is 0 Å². The molecule has 0 spiro atoms. The number of hydrogen-bond acceptors (Lipinski definition) is 3. The van der Waals surface area contributed by atoms with Crippen molar-refractivity contribution in [3.05, 3.63) is 36.0 Å². The smallest absolute Gasteiger partial charge is 0.145 e. The summed E-state index contributed by atoms with van der Waals surface area (Å²) in [6, 6.07) is 9.73. The first kappa shape index (κ1) is 12.6. The number of fused-ring (bicyclic) bond motifs is 1. The third-order valence-electron chi connectivity index (χ3n) is 2.53. The highest BCUT2D eigenvalue weighted by Gasteiger charge is 2.07. The van der Waals surface area contributed by atoms with E-state index in [1.807, 2.05) is 44.2 Å². The van der Waals surface area contributed by atoms with E-state index in [9.17, 15) is 4.79 Å². The number of pyridine rings is 1. The lowest BCUT2D eigenvalue weighted by atomic mass is 10.1. The summed E-state index contributed by atoms with van der Waals surface area (Å²) in [5.41, 5.74) is 1.61. The van der Waals surface area contributed by atoms with Crippen LogP contribution in [0.5, 0.6) is 5.75 Å². The molecule has 0 aliphatic rings. The topological polar surface area (TPSA) is 39.2 Å². The van der Waals surface area contributed by atoms with Gasteiger partial charge < -0.3 is 4.74 Å². The van der Waals surface area contributed by atoms with Gasteiger partial charge in [0, 0.05) is 17.5 Å². The van der Waals surface area contributed by atoms with Gasteiger partial charge in [-0.05, 0) is 32.9 Å². The Bertz CT molecular complexity index is 576. The molecule has 3 nitrogen and oxygen atoms in total. The molecule has 0 fully saturated rings. The van der Waals surface area contributed by atoms with Gasteiger partial charge in [-0.3, -0.25) is 4.79 Å². The lowest BCUT2D eigenvalue weighted by Crippen LogP contribution is -2.07. The molecule has 1 heterocycles. The molecule has 0 bridgehead atoms. The molecule has 18 heavy (non-hydrogen) atoms. The largest absolute Gasteiger partial charge is 0.489 e. The molecule has 0 radical (unpaired) electrons. The van der Waals surface area contributed by atoms with Crippen molar-refractivity contribution in [1.82, 2.24) is 4.98 Å². The van der Waals surface area contributed by atoms with Crippen molar-refractivity contribution >= 4 is 16.7 Å². The summed E-state index contributed by atoms with van der Waals surface area (Å²) in [4.78, 5) is 15.7. The SMILES string of the molecule is CC(=O)Cc1ccc2cccc(OC(C)C)c2n1. The zero-order valence-electron chi connectivity index (χ0n) is 10.9. The minimum atomic E-state index is 0.105. The molecule has 0 amide bonds. The normalized spacial score (nSPS) is 10.9. The fourth-order valence-electron chi connectivity index (χ4n) is 1.86. The molecule has 0 aliphatic heterocycles. The van der Waals surface area contributed by atoms with E-state index in [4.69, 9.17) is 4.74 Å². The van der Waals surface area contributed by atoms with Crippen LogP contribution in [0.1, 0.15) is 26.5 Å². The van der Waals surface area contributed by atoms with E-state index in [0.717, 1.165) is 22.3 Å². The number of ketones is 1. The number of benzene rings is 1. The van der Waals surface area contributed by atoms with Crippen LogP contribution in [0.3, 0.4) is 0 Å². The number of hydrogen-bond donors (Lipinski definition) is 0. The van der Waals surface area contributed by atoms with Crippen molar-refractivity contribution in [2.75, 3.05) is 0 Å². The third-order valence-corrected chi connectivity index (χ3v) is 2.53. The van der Waals surface area contributed by atoms with E-state index < -0.39 is 0 Å². The number of rotatable bonds is 4. The number of Topliss-reactive ketones (excluding diaryl/α,β-unsaturated/α-hetero) is 1. The van der Waals surface area contributed by atoms with Crippen LogP contribution in [0.15, 0.2) is 30.3 Å². The van der Waals surface area contributed by atoms with Gasteiger partial charge in [-0.25, -0.2) is 4.98 Å². The van der Waals surface area contributed by atoms with E-state index in [-0.39, 0.29) is 11.9 Å². The summed E-state index contributed by atoms with van der Waals surface area (Å²) in [5, 5.41) is 1.03. The number of nitrogens with zero attached hydrogens (tertiary/aromatic N) is 1. The third kappa shape index (κ3) is 2.86. The molecular weight excluding hydrogens is 226 g/mol. The van der Waals surface area contributed by atoms with E-state index in [1.165, 1.54) is 0 Å². The molecule has 94 valence electrons. The summed E-state index contributed by atoms with van der Waals surface area (Å²) in [7, 11) is 0. The summed E-state index contributed by atoms with van der Waals surface area (Å²) in [6.07, 6.45) is 0.472. The molecule has 0 unspecified atom stereocenters. The van der Waals surface area contributed by atoms with E-state index in [2.05, 4.69) is 4.98 Å². The number of carbonyl (C=O) groups excluding carboxylic acids is 1. The predicted octanol–water partition coefficient (Wildman–Crippen LogP) is 3.15. The van der Waals surface area contributed by atoms with Crippen LogP contribution in [0.4, 0.5) is 0 Å². The van der Waals surface area contributed by atoms with Crippen LogP contribution < -0.4 is 4.74 Å². The van der Waals surface area contributed by atoms with Crippen LogP contribution in [-0.2, 0) is 11.2 Å². The van der Waals surface area contributed by atoms with Crippen LogP contribution in [0, 0.1) is 0 Å². The van der Waals surface area contributed by atoms with Gasteiger partial charge in [-0.2, -0.15) is 0 Å². The number of carbonyl (C=O) groups is 1. The Morgan fingerprint density at radius 3 is 2.72 bits per heavy atom. The highest BCUT2D eigenvalue weighted by Crippen LogP contribution is 2.25. The fourth-order valence-corrected chi connectivity index (χ4v) is 1.86. The minimum absolute atomic E-state index is 0.105. The van der Waals surface area contributed by atoms with Crippen molar-refractivity contribution in [2.45, 2.75) is 33.3 Å². The average Bonchev–Trinajstić information content (AvgIpc) is 2.28. The maximum absolute atomic E-state index is 11.1. The molecule has 3 heteroatoms.